The molecule has 0 fully saturated rings. The maximum Gasteiger partial charge on any atom is 0.246 e. The van der Waals surface area contributed by atoms with Gasteiger partial charge < -0.3 is 9.26 Å². The molecule has 6 nitrogen and oxygen atoms in total. The first kappa shape index (κ1) is 16.6. The Morgan fingerprint density at radius 1 is 1.41 bits per heavy atom. The summed E-state index contributed by atoms with van der Waals surface area (Å²) in [6, 6.07) is 5.82. The van der Waals surface area contributed by atoms with E-state index in [9.17, 15) is 12.8 Å². The number of benzene rings is 1. The SMILES string of the molecule is COC(CNS(=O)(=O)c1c(C)noc1C)c1cccc(F)c1. The Balaban J connectivity index is 2.17. The quantitative estimate of drug-likeness (QED) is 0.878. The molecule has 0 spiro atoms. The van der Waals surface area contributed by atoms with Crippen LogP contribution in [0, 0.1) is 19.7 Å². The van der Waals surface area contributed by atoms with E-state index in [2.05, 4.69) is 9.88 Å². The average molecular weight is 328 g/mol. The molecule has 2 aromatic rings. The summed E-state index contributed by atoms with van der Waals surface area (Å²) in [5.74, 6) is -0.196. The monoisotopic (exact) mass is 328 g/mol. The number of hydrogen-bond donors (Lipinski definition) is 1. The molecular weight excluding hydrogens is 311 g/mol. The van der Waals surface area contributed by atoms with Crippen molar-refractivity contribution in [2.24, 2.45) is 0 Å². The van der Waals surface area contributed by atoms with Crippen molar-refractivity contribution in [3.8, 4) is 0 Å². The van der Waals surface area contributed by atoms with Crippen LogP contribution in [0.2, 0.25) is 0 Å². The van der Waals surface area contributed by atoms with Gasteiger partial charge in [-0.15, -0.1) is 0 Å². The molecule has 1 atom stereocenters. The van der Waals surface area contributed by atoms with E-state index in [1.807, 2.05) is 0 Å². The van der Waals surface area contributed by atoms with Crippen LogP contribution in [0.25, 0.3) is 0 Å². The molecule has 0 aliphatic carbocycles. The van der Waals surface area contributed by atoms with Gasteiger partial charge in [0.2, 0.25) is 10.0 Å². The number of rotatable bonds is 6. The highest BCUT2D eigenvalue weighted by Crippen LogP contribution is 2.21. The van der Waals surface area contributed by atoms with Crippen molar-refractivity contribution >= 4 is 10.0 Å². The van der Waals surface area contributed by atoms with Crippen molar-refractivity contribution in [1.29, 1.82) is 0 Å². The Bertz CT molecular complexity index is 738. The average Bonchev–Trinajstić information content (AvgIpc) is 2.79. The lowest BCUT2D eigenvalue weighted by atomic mass is 10.1. The van der Waals surface area contributed by atoms with Gasteiger partial charge in [-0.3, -0.25) is 0 Å². The number of nitrogens with one attached hydrogen (secondary N) is 1. The lowest BCUT2D eigenvalue weighted by molar-refractivity contribution is 0.107. The molecule has 22 heavy (non-hydrogen) atoms. The molecule has 1 aromatic heterocycles. The first-order chi connectivity index (χ1) is 10.3. The largest absolute Gasteiger partial charge is 0.375 e. The van der Waals surface area contributed by atoms with E-state index in [0.29, 0.717) is 5.56 Å². The van der Waals surface area contributed by atoms with E-state index >= 15 is 0 Å². The fraction of sp³-hybridized carbons (Fsp3) is 0.357. The zero-order valence-electron chi connectivity index (χ0n) is 12.5. The molecule has 0 saturated carbocycles. The summed E-state index contributed by atoms with van der Waals surface area (Å²) >= 11 is 0. The molecule has 1 unspecified atom stereocenters. The standard InChI is InChI=1S/C14H17FN2O4S/c1-9-14(10(2)21-17-9)22(18,19)16-8-13(20-3)11-5-4-6-12(15)7-11/h4-7,13,16H,8H2,1-3H3. The van der Waals surface area contributed by atoms with Gasteiger partial charge in [-0.25, -0.2) is 17.5 Å². The minimum Gasteiger partial charge on any atom is -0.375 e. The van der Waals surface area contributed by atoms with Gasteiger partial charge in [-0.05, 0) is 31.5 Å². The number of halogens is 1. The van der Waals surface area contributed by atoms with Crippen LogP contribution in [0.1, 0.15) is 23.1 Å². The normalized spacial score (nSPS) is 13.3. The van der Waals surface area contributed by atoms with Gasteiger partial charge in [0.15, 0.2) is 5.76 Å². The summed E-state index contributed by atoms with van der Waals surface area (Å²) < 4.78 is 50.4. The molecule has 0 saturated heterocycles. The van der Waals surface area contributed by atoms with E-state index in [1.165, 1.54) is 26.2 Å². The second-order valence-electron chi connectivity index (χ2n) is 4.78. The van der Waals surface area contributed by atoms with Crippen molar-refractivity contribution in [2.45, 2.75) is 24.8 Å². The van der Waals surface area contributed by atoms with E-state index < -0.39 is 21.9 Å². The highest BCUT2D eigenvalue weighted by Gasteiger charge is 2.25. The van der Waals surface area contributed by atoms with Gasteiger partial charge in [0.1, 0.15) is 16.4 Å². The van der Waals surface area contributed by atoms with E-state index in [-0.39, 0.29) is 22.9 Å². The maximum absolute atomic E-state index is 13.3. The van der Waals surface area contributed by atoms with Crippen LogP contribution in [0.3, 0.4) is 0 Å². The molecule has 0 bridgehead atoms. The van der Waals surface area contributed by atoms with Crippen molar-refractivity contribution < 1.29 is 22.1 Å². The fourth-order valence-corrected chi connectivity index (χ4v) is 3.52. The maximum atomic E-state index is 13.3. The van der Waals surface area contributed by atoms with Crippen LogP contribution in [-0.2, 0) is 14.8 Å². The van der Waals surface area contributed by atoms with Gasteiger partial charge in [0.25, 0.3) is 0 Å². The molecule has 0 aliphatic heterocycles. The van der Waals surface area contributed by atoms with Gasteiger partial charge in [0.05, 0.1) is 6.10 Å². The Labute approximate surface area is 128 Å². The van der Waals surface area contributed by atoms with Crippen LogP contribution < -0.4 is 4.72 Å². The van der Waals surface area contributed by atoms with Gasteiger partial charge in [0, 0.05) is 13.7 Å². The van der Waals surface area contributed by atoms with E-state index in [1.54, 1.807) is 19.1 Å². The van der Waals surface area contributed by atoms with Crippen molar-refractivity contribution in [3.05, 3.63) is 47.1 Å². The van der Waals surface area contributed by atoms with Crippen LogP contribution >= 0.6 is 0 Å². The van der Waals surface area contributed by atoms with Crippen molar-refractivity contribution in [2.75, 3.05) is 13.7 Å². The molecule has 1 aromatic carbocycles. The number of ether oxygens (including phenoxy) is 1. The number of hydrogen-bond acceptors (Lipinski definition) is 5. The fourth-order valence-electron chi connectivity index (χ4n) is 2.16. The van der Waals surface area contributed by atoms with Crippen LogP contribution in [0.4, 0.5) is 4.39 Å². The second-order valence-corrected chi connectivity index (χ2v) is 6.49. The summed E-state index contributed by atoms with van der Waals surface area (Å²) in [7, 11) is -2.35. The van der Waals surface area contributed by atoms with Gasteiger partial charge in [-0.1, -0.05) is 17.3 Å². The minimum atomic E-state index is -3.78. The lowest BCUT2D eigenvalue weighted by Gasteiger charge is -2.16. The van der Waals surface area contributed by atoms with Gasteiger partial charge in [-0.2, -0.15) is 0 Å². The van der Waals surface area contributed by atoms with Gasteiger partial charge >= 0.3 is 0 Å². The zero-order valence-corrected chi connectivity index (χ0v) is 13.3. The molecule has 0 amide bonds. The molecule has 0 radical (unpaired) electrons. The topological polar surface area (TPSA) is 81.4 Å². The number of nitrogens with zero attached hydrogens (tertiary/aromatic N) is 1. The Morgan fingerprint density at radius 3 is 2.68 bits per heavy atom. The van der Waals surface area contributed by atoms with Crippen LogP contribution in [0.5, 0.6) is 0 Å². The zero-order chi connectivity index (χ0) is 16.3. The summed E-state index contributed by atoms with van der Waals surface area (Å²) in [6.07, 6.45) is -0.606. The molecule has 2 rings (SSSR count). The molecule has 8 heteroatoms. The molecule has 120 valence electrons. The Kier molecular flexibility index (Phi) is 4.94. The number of aromatic nitrogens is 1. The highest BCUT2D eigenvalue weighted by atomic mass is 32.2. The Morgan fingerprint density at radius 2 is 2.14 bits per heavy atom. The number of methoxy groups -OCH3 is 1. The summed E-state index contributed by atoms with van der Waals surface area (Å²) in [6.45, 7) is 3.03. The predicted molar refractivity (Wildman–Crippen MR) is 77.3 cm³/mol. The molecule has 1 N–H and O–H groups in total. The summed E-state index contributed by atoms with van der Waals surface area (Å²) in [4.78, 5) is 0.0154. The number of aryl methyl sites for hydroxylation is 2. The third kappa shape index (κ3) is 3.52. The summed E-state index contributed by atoms with van der Waals surface area (Å²) in [5.41, 5.74) is 0.827. The minimum absolute atomic E-state index is 0.0154. The van der Waals surface area contributed by atoms with E-state index in [4.69, 9.17) is 9.26 Å². The molecular formula is C14H17FN2O4S. The Hall–Kier alpha value is -1.77. The van der Waals surface area contributed by atoms with Crippen molar-refractivity contribution in [3.63, 3.8) is 0 Å². The van der Waals surface area contributed by atoms with Crippen molar-refractivity contribution in [1.82, 2.24) is 9.88 Å². The third-order valence-electron chi connectivity index (χ3n) is 3.20. The smallest absolute Gasteiger partial charge is 0.246 e. The van der Waals surface area contributed by atoms with Crippen LogP contribution in [-0.4, -0.2) is 27.2 Å². The molecule has 0 aliphatic rings. The molecule has 1 heterocycles. The number of sulfonamides is 1. The third-order valence-corrected chi connectivity index (χ3v) is 4.87. The first-order valence-electron chi connectivity index (χ1n) is 6.56. The van der Waals surface area contributed by atoms with E-state index in [0.717, 1.165) is 0 Å². The summed E-state index contributed by atoms with van der Waals surface area (Å²) in [5, 5.41) is 3.62. The highest BCUT2D eigenvalue weighted by molar-refractivity contribution is 7.89. The van der Waals surface area contributed by atoms with Crippen LogP contribution in [0.15, 0.2) is 33.7 Å². The first-order valence-corrected chi connectivity index (χ1v) is 8.04. The second kappa shape index (κ2) is 6.55. The predicted octanol–water partition coefficient (Wildman–Crippen LogP) is 2.10. The lowest BCUT2D eigenvalue weighted by Crippen LogP contribution is -2.30.